The molecule has 0 heterocycles. The van der Waals surface area contributed by atoms with E-state index in [2.05, 4.69) is 0 Å². The standard InChI is InChI=1S/C12H14ClNO4S/c13-10-5-7(9(6-14)12(15)16)1-4-11(10)19(17,18)8-2-3-8/h1,4-5,8-9H,2-3,6,14H2,(H,15,16). The van der Waals surface area contributed by atoms with Gasteiger partial charge in [0.2, 0.25) is 0 Å². The van der Waals surface area contributed by atoms with Gasteiger partial charge in [-0.15, -0.1) is 0 Å². The van der Waals surface area contributed by atoms with Gasteiger partial charge in [-0.1, -0.05) is 17.7 Å². The summed E-state index contributed by atoms with van der Waals surface area (Å²) in [5.41, 5.74) is 5.81. The van der Waals surface area contributed by atoms with Crippen LogP contribution in [-0.4, -0.2) is 31.3 Å². The van der Waals surface area contributed by atoms with Crippen LogP contribution in [0.2, 0.25) is 5.02 Å². The first-order chi connectivity index (χ1) is 8.87. The first-order valence-electron chi connectivity index (χ1n) is 5.84. The lowest BCUT2D eigenvalue weighted by Crippen LogP contribution is -2.21. The summed E-state index contributed by atoms with van der Waals surface area (Å²) in [5, 5.41) is 8.72. The molecule has 3 N–H and O–H groups in total. The normalized spacial score (nSPS) is 17.2. The number of benzene rings is 1. The third kappa shape index (κ3) is 2.75. The van der Waals surface area contributed by atoms with Crippen LogP contribution in [0.3, 0.4) is 0 Å². The van der Waals surface area contributed by atoms with Gasteiger partial charge in [-0.05, 0) is 30.5 Å². The average molecular weight is 304 g/mol. The van der Waals surface area contributed by atoms with E-state index in [0.29, 0.717) is 18.4 Å². The molecule has 0 spiro atoms. The number of sulfone groups is 1. The highest BCUT2D eigenvalue weighted by Crippen LogP contribution is 2.37. The zero-order valence-corrected chi connectivity index (χ0v) is 11.6. The molecule has 1 aliphatic rings. The third-order valence-electron chi connectivity index (χ3n) is 3.16. The SMILES string of the molecule is NCC(C(=O)O)c1ccc(S(=O)(=O)C2CC2)c(Cl)c1. The van der Waals surface area contributed by atoms with Crippen LogP contribution in [0.5, 0.6) is 0 Å². The molecule has 1 aromatic carbocycles. The molecular formula is C12H14ClNO4S. The fraction of sp³-hybridized carbons (Fsp3) is 0.417. The zero-order chi connectivity index (χ0) is 14.2. The van der Waals surface area contributed by atoms with Crippen molar-refractivity contribution in [2.75, 3.05) is 6.54 Å². The van der Waals surface area contributed by atoms with E-state index in [-0.39, 0.29) is 21.7 Å². The molecule has 0 aromatic heterocycles. The maximum atomic E-state index is 12.1. The fourth-order valence-corrected chi connectivity index (χ4v) is 4.12. The van der Waals surface area contributed by atoms with Gasteiger partial charge < -0.3 is 10.8 Å². The second kappa shape index (κ2) is 5.11. The summed E-state index contributed by atoms with van der Waals surface area (Å²) >= 11 is 5.98. The van der Waals surface area contributed by atoms with Crippen molar-refractivity contribution < 1.29 is 18.3 Å². The first kappa shape index (κ1) is 14.3. The van der Waals surface area contributed by atoms with Crippen LogP contribution >= 0.6 is 11.6 Å². The lowest BCUT2D eigenvalue weighted by molar-refractivity contribution is -0.138. The smallest absolute Gasteiger partial charge is 0.312 e. The molecule has 1 unspecified atom stereocenters. The topological polar surface area (TPSA) is 97.5 Å². The van der Waals surface area contributed by atoms with Crippen LogP contribution in [0.15, 0.2) is 23.1 Å². The van der Waals surface area contributed by atoms with E-state index in [1.165, 1.54) is 18.2 Å². The van der Waals surface area contributed by atoms with E-state index >= 15 is 0 Å². The second-order valence-electron chi connectivity index (χ2n) is 4.56. The Labute approximate surface area is 116 Å². The summed E-state index contributed by atoms with van der Waals surface area (Å²) in [4.78, 5) is 11.1. The van der Waals surface area contributed by atoms with Gasteiger partial charge in [0.15, 0.2) is 9.84 Å². The molecule has 1 aliphatic carbocycles. The summed E-state index contributed by atoms with van der Waals surface area (Å²) in [5.74, 6) is -1.94. The van der Waals surface area contributed by atoms with Crippen molar-refractivity contribution in [3.8, 4) is 0 Å². The van der Waals surface area contributed by atoms with E-state index in [0.717, 1.165) is 0 Å². The predicted octanol–water partition coefficient (Wildman–Crippen LogP) is 1.40. The van der Waals surface area contributed by atoms with E-state index in [4.69, 9.17) is 22.4 Å². The van der Waals surface area contributed by atoms with Crippen molar-refractivity contribution in [2.45, 2.75) is 28.9 Å². The highest BCUT2D eigenvalue weighted by Gasteiger charge is 2.38. The molecule has 104 valence electrons. The van der Waals surface area contributed by atoms with Crippen molar-refractivity contribution in [1.82, 2.24) is 0 Å². The van der Waals surface area contributed by atoms with Crippen LogP contribution < -0.4 is 5.73 Å². The third-order valence-corrected chi connectivity index (χ3v) is 5.90. The van der Waals surface area contributed by atoms with Gasteiger partial charge in [0.1, 0.15) is 0 Å². The van der Waals surface area contributed by atoms with Gasteiger partial charge in [0, 0.05) is 6.54 Å². The van der Waals surface area contributed by atoms with E-state index in [1.807, 2.05) is 0 Å². The number of aliphatic carboxylic acids is 1. The summed E-state index contributed by atoms with van der Waals surface area (Å²) in [6, 6.07) is 4.21. The quantitative estimate of drug-likeness (QED) is 0.857. The fourth-order valence-electron chi connectivity index (χ4n) is 1.90. The molecule has 7 heteroatoms. The van der Waals surface area contributed by atoms with Crippen molar-refractivity contribution >= 4 is 27.4 Å². The maximum absolute atomic E-state index is 12.1. The van der Waals surface area contributed by atoms with Crippen LogP contribution in [0, 0.1) is 0 Å². The minimum Gasteiger partial charge on any atom is -0.481 e. The highest BCUT2D eigenvalue weighted by atomic mass is 35.5. The Kier molecular flexibility index (Phi) is 3.85. The Bertz CT molecular complexity index is 610. The number of hydrogen-bond donors (Lipinski definition) is 2. The molecule has 0 bridgehead atoms. The van der Waals surface area contributed by atoms with Crippen molar-refractivity contribution in [2.24, 2.45) is 5.73 Å². The molecule has 5 nitrogen and oxygen atoms in total. The van der Waals surface area contributed by atoms with Crippen molar-refractivity contribution in [3.05, 3.63) is 28.8 Å². The van der Waals surface area contributed by atoms with E-state index in [1.54, 1.807) is 0 Å². The summed E-state index contributed by atoms with van der Waals surface area (Å²) in [7, 11) is -3.38. The number of halogens is 1. The average Bonchev–Trinajstić information content (AvgIpc) is 3.12. The second-order valence-corrected chi connectivity index (χ2v) is 7.16. The van der Waals surface area contributed by atoms with Gasteiger partial charge in [-0.2, -0.15) is 0 Å². The molecule has 0 radical (unpaired) electrons. The van der Waals surface area contributed by atoms with Crippen LogP contribution in [0.4, 0.5) is 0 Å². The number of carbonyl (C=O) groups is 1. The molecular weight excluding hydrogens is 290 g/mol. The van der Waals surface area contributed by atoms with Gasteiger partial charge in [-0.25, -0.2) is 8.42 Å². The molecule has 2 rings (SSSR count). The molecule has 0 saturated heterocycles. The van der Waals surface area contributed by atoms with E-state index in [9.17, 15) is 13.2 Å². The first-order valence-corrected chi connectivity index (χ1v) is 7.76. The number of carboxylic acids is 1. The minimum atomic E-state index is -3.38. The Morgan fingerprint density at radius 3 is 2.53 bits per heavy atom. The number of hydrogen-bond acceptors (Lipinski definition) is 4. The van der Waals surface area contributed by atoms with Crippen molar-refractivity contribution in [1.29, 1.82) is 0 Å². The molecule has 1 atom stereocenters. The molecule has 1 fully saturated rings. The molecule has 1 aromatic rings. The predicted molar refractivity (Wildman–Crippen MR) is 71.1 cm³/mol. The summed E-state index contributed by atoms with van der Waals surface area (Å²) < 4.78 is 24.1. The number of nitrogens with two attached hydrogens (primary N) is 1. The largest absolute Gasteiger partial charge is 0.481 e. The van der Waals surface area contributed by atoms with Crippen LogP contribution in [-0.2, 0) is 14.6 Å². The highest BCUT2D eigenvalue weighted by molar-refractivity contribution is 7.92. The van der Waals surface area contributed by atoms with Gasteiger partial charge in [-0.3, -0.25) is 4.79 Å². The molecule has 19 heavy (non-hydrogen) atoms. The van der Waals surface area contributed by atoms with E-state index < -0.39 is 21.7 Å². The minimum absolute atomic E-state index is 0.0594. The van der Waals surface area contributed by atoms with Crippen LogP contribution in [0.25, 0.3) is 0 Å². The molecule has 1 saturated carbocycles. The summed E-state index contributed by atoms with van der Waals surface area (Å²) in [6.45, 7) is -0.0691. The monoisotopic (exact) mass is 303 g/mol. The Morgan fingerprint density at radius 1 is 1.47 bits per heavy atom. The maximum Gasteiger partial charge on any atom is 0.312 e. The zero-order valence-electron chi connectivity index (χ0n) is 10.0. The van der Waals surface area contributed by atoms with Gasteiger partial charge in [0.05, 0.1) is 21.1 Å². The van der Waals surface area contributed by atoms with Gasteiger partial charge >= 0.3 is 5.97 Å². The lowest BCUT2D eigenvalue weighted by Gasteiger charge is -2.12. The molecule has 0 amide bonds. The number of carboxylic acid groups (broad SMARTS) is 1. The Morgan fingerprint density at radius 2 is 2.11 bits per heavy atom. The van der Waals surface area contributed by atoms with Crippen LogP contribution in [0.1, 0.15) is 24.3 Å². The summed E-state index contributed by atoms with van der Waals surface area (Å²) in [6.07, 6.45) is 1.31. The lowest BCUT2D eigenvalue weighted by atomic mass is 10.00. The van der Waals surface area contributed by atoms with Crippen molar-refractivity contribution in [3.63, 3.8) is 0 Å². The molecule has 0 aliphatic heterocycles. The number of rotatable bonds is 5. The Balaban J connectivity index is 2.39. The Hall–Kier alpha value is -1.11. The van der Waals surface area contributed by atoms with Gasteiger partial charge in [0.25, 0.3) is 0 Å².